The second-order valence-electron chi connectivity index (χ2n) is 6.10. The monoisotopic (exact) mass is 333 g/mol. The highest BCUT2D eigenvalue weighted by molar-refractivity contribution is 7.15. The lowest BCUT2D eigenvalue weighted by Crippen LogP contribution is -1.95. The average molecular weight is 333 g/mol. The van der Waals surface area contributed by atoms with Gasteiger partial charge in [0.15, 0.2) is 4.96 Å². The molecule has 0 aliphatic rings. The van der Waals surface area contributed by atoms with Gasteiger partial charge in [-0.3, -0.25) is 4.40 Å². The Bertz CT molecular complexity index is 1010. The lowest BCUT2D eigenvalue weighted by Gasteiger charge is -2.03. The fraction of sp³-hybridized carbons (Fsp3) is 0.150. The van der Waals surface area contributed by atoms with Crippen LogP contribution in [-0.2, 0) is 6.54 Å². The summed E-state index contributed by atoms with van der Waals surface area (Å²) < 4.78 is 2.17. The van der Waals surface area contributed by atoms with Gasteiger partial charge < -0.3 is 5.73 Å². The summed E-state index contributed by atoms with van der Waals surface area (Å²) in [5, 5.41) is 2.16. The van der Waals surface area contributed by atoms with E-state index in [4.69, 9.17) is 10.7 Å². The Balaban J connectivity index is 1.79. The molecule has 2 aromatic heterocycles. The van der Waals surface area contributed by atoms with Crippen LogP contribution in [0.15, 0.2) is 54.0 Å². The van der Waals surface area contributed by atoms with Crippen molar-refractivity contribution in [1.82, 2.24) is 9.38 Å². The smallest absolute Gasteiger partial charge is 0.194 e. The van der Waals surface area contributed by atoms with E-state index >= 15 is 0 Å². The van der Waals surface area contributed by atoms with Gasteiger partial charge in [0.1, 0.15) is 0 Å². The van der Waals surface area contributed by atoms with Crippen LogP contribution in [0.3, 0.4) is 0 Å². The summed E-state index contributed by atoms with van der Waals surface area (Å²) >= 11 is 1.67. The molecular weight excluding hydrogens is 314 g/mol. The summed E-state index contributed by atoms with van der Waals surface area (Å²) in [6.45, 7) is 4.84. The summed E-state index contributed by atoms with van der Waals surface area (Å²) in [6.07, 6.45) is 2.13. The van der Waals surface area contributed by atoms with Crippen molar-refractivity contribution in [3.05, 3.63) is 70.7 Å². The number of fused-ring (bicyclic) bond motifs is 1. The minimum Gasteiger partial charge on any atom is -0.326 e. The van der Waals surface area contributed by atoms with Crippen molar-refractivity contribution in [3.63, 3.8) is 0 Å². The van der Waals surface area contributed by atoms with E-state index in [9.17, 15) is 0 Å². The van der Waals surface area contributed by atoms with E-state index in [0.29, 0.717) is 6.54 Å². The van der Waals surface area contributed by atoms with Gasteiger partial charge in [0.2, 0.25) is 0 Å². The molecule has 4 heteroatoms. The number of thiazole rings is 1. The van der Waals surface area contributed by atoms with Crippen LogP contribution in [0.25, 0.3) is 27.5 Å². The van der Waals surface area contributed by atoms with Crippen molar-refractivity contribution in [2.24, 2.45) is 5.73 Å². The largest absolute Gasteiger partial charge is 0.326 e. The average Bonchev–Trinajstić information content (AvgIpc) is 3.18. The highest BCUT2D eigenvalue weighted by Gasteiger charge is 2.11. The van der Waals surface area contributed by atoms with Crippen LogP contribution >= 0.6 is 11.3 Å². The number of imidazole rings is 1. The van der Waals surface area contributed by atoms with Crippen molar-refractivity contribution in [3.8, 4) is 22.5 Å². The van der Waals surface area contributed by atoms with Crippen molar-refractivity contribution < 1.29 is 0 Å². The lowest BCUT2D eigenvalue weighted by atomic mass is 10.0. The zero-order valence-electron chi connectivity index (χ0n) is 13.8. The van der Waals surface area contributed by atoms with Crippen molar-refractivity contribution in [1.29, 1.82) is 0 Å². The topological polar surface area (TPSA) is 43.3 Å². The van der Waals surface area contributed by atoms with E-state index in [1.165, 1.54) is 27.9 Å². The van der Waals surface area contributed by atoms with Gasteiger partial charge in [-0.05, 0) is 42.2 Å². The highest BCUT2D eigenvalue weighted by Crippen LogP contribution is 2.30. The molecule has 2 heterocycles. The summed E-state index contributed by atoms with van der Waals surface area (Å²) in [4.78, 5) is 5.81. The Morgan fingerprint density at radius 3 is 2.46 bits per heavy atom. The van der Waals surface area contributed by atoms with E-state index < -0.39 is 0 Å². The fourth-order valence-corrected chi connectivity index (χ4v) is 3.73. The second kappa shape index (κ2) is 5.89. The summed E-state index contributed by atoms with van der Waals surface area (Å²) in [6, 6.07) is 14.9. The number of aryl methyl sites for hydroxylation is 2. The van der Waals surface area contributed by atoms with E-state index in [1.54, 1.807) is 11.3 Å². The molecule has 0 spiro atoms. The minimum absolute atomic E-state index is 0.571. The molecule has 0 radical (unpaired) electrons. The van der Waals surface area contributed by atoms with Gasteiger partial charge in [-0.25, -0.2) is 4.98 Å². The van der Waals surface area contributed by atoms with Gasteiger partial charge in [0, 0.05) is 23.7 Å². The van der Waals surface area contributed by atoms with E-state index in [0.717, 1.165) is 16.2 Å². The maximum atomic E-state index is 5.69. The first-order valence-corrected chi connectivity index (χ1v) is 8.87. The van der Waals surface area contributed by atoms with Crippen LogP contribution in [0.1, 0.15) is 16.7 Å². The van der Waals surface area contributed by atoms with Gasteiger partial charge in [-0.2, -0.15) is 0 Å². The SMILES string of the molecule is Cc1ccc(-c2cn3c(-c4ccc(CN)cc4)csc3n2)cc1C. The third kappa shape index (κ3) is 2.54. The maximum Gasteiger partial charge on any atom is 0.194 e. The first-order valence-electron chi connectivity index (χ1n) is 7.99. The fourth-order valence-electron chi connectivity index (χ4n) is 2.84. The molecule has 24 heavy (non-hydrogen) atoms. The number of aromatic nitrogens is 2. The zero-order valence-corrected chi connectivity index (χ0v) is 14.6. The molecule has 0 aliphatic carbocycles. The highest BCUT2D eigenvalue weighted by atomic mass is 32.1. The van der Waals surface area contributed by atoms with E-state index in [2.05, 4.69) is 72.3 Å². The normalized spacial score (nSPS) is 11.3. The van der Waals surface area contributed by atoms with Crippen molar-refractivity contribution in [2.45, 2.75) is 20.4 Å². The van der Waals surface area contributed by atoms with E-state index in [-0.39, 0.29) is 0 Å². The Morgan fingerprint density at radius 2 is 1.75 bits per heavy atom. The predicted octanol–water partition coefficient (Wildman–Crippen LogP) is 4.81. The summed E-state index contributed by atoms with van der Waals surface area (Å²) in [7, 11) is 0. The molecule has 2 aromatic carbocycles. The quantitative estimate of drug-likeness (QED) is 0.585. The number of benzene rings is 2. The van der Waals surface area contributed by atoms with Crippen molar-refractivity contribution >= 4 is 16.3 Å². The third-order valence-corrected chi connectivity index (χ3v) is 5.34. The van der Waals surface area contributed by atoms with Crippen LogP contribution in [0.5, 0.6) is 0 Å². The predicted molar refractivity (Wildman–Crippen MR) is 101 cm³/mol. The van der Waals surface area contributed by atoms with Crippen molar-refractivity contribution in [2.75, 3.05) is 0 Å². The Hall–Kier alpha value is -2.43. The number of nitrogens with zero attached hydrogens (tertiary/aromatic N) is 2. The van der Waals surface area contributed by atoms with Crippen LogP contribution in [0.4, 0.5) is 0 Å². The molecule has 2 N–H and O–H groups in total. The number of rotatable bonds is 3. The Morgan fingerprint density at radius 1 is 1.00 bits per heavy atom. The van der Waals surface area contributed by atoms with Gasteiger partial charge in [-0.1, -0.05) is 36.4 Å². The second-order valence-corrected chi connectivity index (χ2v) is 6.94. The van der Waals surface area contributed by atoms with Crippen LogP contribution < -0.4 is 5.73 Å². The third-order valence-electron chi connectivity index (χ3n) is 4.50. The van der Waals surface area contributed by atoms with Crippen LogP contribution in [0.2, 0.25) is 0 Å². The number of hydrogen-bond donors (Lipinski definition) is 1. The van der Waals surface area contributed by atoms with Gasteiger partial charge in [-0.15, -0.1) is 11.3 Å². The summed E-state index contributed by atoms with van der Waals surface area (Å²) in [5.41, 5.74) is 14.0. The molecule has 0 aliphatic heterocycles. The van der Waals surface area contributed by atoms with Gasteiger partial charge >= 0.3 is 0 Å². The molecule has 0 saturated heterocycles. The Kier molecular flexibility index (Phi) is 3.71. The lowest BCUT2D eigenvalue weighted by molar-refractivity contribution is 1.07. The molecule has 0 atom stereocenters. The summed E-state index contributed by atoms with van der Waals surface area (Å²) in [5.74, 6) is 0. The molecule has 4 rings (SSSR count). The zero-order chi connectivity index (χ0) is 16.7. The Labute approximate surface area is 145 Å². The van der Waals surface area contributed by atoms with Gasteiger partial charge in [0.25, 0.3) is 0 Å². The molecule has 0 amide bonds. The van der Waals surface area contributed by atoms with E-state index in [1.807, 2.05) is 0 Å². The molecular formula is C20H19N3S. The van der Waals surface area contributed by atoms with Crippen LogP contribution in [0, 0.1) is 13.8 Å². The molecule has 0 unspecified atom stereocenters. The standard InChI is InChI=1S/C20H19N3S/c1-13-3-6-17(9-14(13)2)18-11-23-19(12-24-20(23)22-18)16-7-4-15(10-21)5-8-16/h3-9,11-12H,10,21H2,1-2H3. The van der Waals surface area contributed by atoms with Crippen LogP contribution in [-0.4, -0.2) is 9.38 Å². The molecule has 120 valence electrons. The maximum absolute atomic E-state index is 5.69. The van der Waals surface area contributed by atoms with Gasteiger partial charge in [0.05, 0.1) is 11.4 Å². The molecule has 0 saturated carbocycles. The number of hydrogen-bond acceptors (Lipinski definition) is 3. The number of nitrogens with two attached hydrogens (primary N) is 1. The molecule has 0 fully saturated rings. The first kappa shape index (κ1) is 15.1. The molecule has 0 bridgehead atoms. The molecule has 3 nitrogen and oxygen atoms in total. The molecule has 4 aromatic rings. The first-order chi connectivity index (χ1) is 11.7. The minimum atomic E-state index is 0.571.